The van der Waals surface area contributed by atoms with Crippen LogP contribution in [0.15, 0.2) is 11.8 Å². The zero-order chi connectivity index (χ0) is 12.7. The molecule has 1 heterocycles. The molecule has 4 nitrogen and oxygen atoms in total. The number of nitrogens with zero attached hydrogens (tertiary/aromatic N) is 1. The minimum Gasteiger partial charge on any atom is -0.466 e. The van der Waals surface area contributed by atoms with E-state index >= 15 is 0 Å². The van der Waals surface area contributed by atoms with Gasteiger partial charge < -0.3 is 9.64 Å². The standard InChI is InChI=1S/C13H21NO3/c1-3-4-5-7-11(13(16)17-2)10-14-9-6-8-12(14)15/h10H,3-9H2,1-2H3/b11-10-. The molecule has 0 aromatic rings. The Morgan fingerprint density at radius 3 is 2.76 bits per heavy atom. The molecule has 0 radical (unpaired) electrons. The molecule has 0 unspecified atom stereocenters. The molecule has 1 amide bonds. The Morgan fingerprint density at radius 2 is 2.24 bits per heavy atom. The number of hydrogen-bond donors (Lipinski definition) is 0. The van der Waals surface area contributed by atoms with Gasteiger partial charge in [-0.3, -0.25) is 4.79 Å². The molecule has 96 valence electrons. The third kappa shape index (κ3) is 4.21. The van der Waals surface area contributed by atoms with Crippen molar-refractivity contribution in [3.05, 3.63) is 11.8 Å². The second kappa shape index (κ2) is 7.09. The molecule has 0 atom stereocenters. The number of rotatable bonds is 6. The van der Waals surface area contributed by atoms with Gasteiger partial charge in [-0.1, -0.05) is 19.8 Å². The maximum atomic E-state index is 11.6. The van der Waals surface area contributed by atoms with Gasteiger partial charge in [0.15, 0.2) is 0 Å². The van der Waals surface area contributed by atoms with E-state index in [-0.39, 0.29) is 11.9 Å². The summed E-state index contributed by atoms with van der Waals surface area (Å²) in [6.07, 6.45) is 6.97. The van der Waals surface area contributed by atoms with Gasteiger partial charge in [-0.05, 0) is 19.3 Å². The van der Waals surface area contributed by atoms with Gasteiger partial charge in [-0.2, -0.15) is 0 Å². The molecule has 17 heavy (non-hydrogen) atoms. The van der Waals surface area contributed by atoms with Gasteiger partial charge in [-0.25, -0.2) is 4.79 Å². The predicted molar refractivity (Wildman–Crippen MR) is 65.2 cm³/mol. The Bertz CT molecular complexity index is 310. The lowest BCUT2D eigenvalue weighted by Gasteiger charge is -2.12. The lowest BCUT2D eigenvalue weighted by atomic mass is 10.1. The van der Waals surface area contributed by atoms with Gasteiger partial charge in [0.25, 0.3) is 0 Å². The van der Waals surface area contributed by atoms with Crippen LogP contribution in [0.3, 0.4) is 0 Å². The molecule has 0 N–H and O–H groups in total. The fourth-order valence-electron chi connectivity index (χ4n) is 1.91. The van der Waals surface area contributed by atoms with Gasteiger partial charge in [0.05, 0.1) is 12.7 Å². The van der Waals surface area contributed by atoms with Crippen molar-refractivity contribution in [1.29, 1.82) is 0 Å². The number of unbranched alkanes of at least 4 members (excludes halogenated alkanes) is 2. The quantitative estimate of drug-likeness (QED) is 0.406. The molecule has 4 heteroatoms. The number of hydrogen-bond acceptors (Lipinski definition) is 3. The molecule has 0 aromatic carbocycles. The fraction of sp³-hybridized carbons (Fsp3) is 0.692. The molecule has 1 fully saturated rings. The van der Waals surface area contributed by atoms with Crippen LogP contribution in [-0.2, 0) is 14.3 Å². The van der Waals surface area contributed by atoms with Crippen LogP contribution in [-0.4, -0.2) is 30.4 Å². The highest BCUT2D eigenvalue weighted by Gasteiger charge is 2.20. The predicted octanol–water partition coefficient (Wildman–Crippen LogP) is 2.25. The SMILES string of the molecule is CCCCC/C(=C/N1CCCC1=O)C(=O)OC. The molecule has 1 rings (SSSR count). The fourth-order valence-corrected chi connectivity index (χ4v) is 1.91. The topological polar surface area (TPSA) is 46.6 Å². The van der Waals surface area contributed by atoms with E-state index in [9.17, 15) is 9.59 Å². The first-order valence-corrected chi connectivity index (χ1v) is 6.27. The van der Waals surface area contributed by atoms with Crippen LogP contribution >= 0.6 is 0 Å². The summed E-state index contributed by atoms with van der Waals surface area (Å²) in [5, 5.41) is 0. The summed E-state index contributed by atoms with van der Waals surface area (Å²) < 4.78 is 4.74. The van der Waals surface area contributed by atoms with Crippen LogP contribution in [0.1, 0.15) is 45.4 Å². The summed E-state index contributed by atoms with van der Waals surface area (Å²) in [5.41, 5.74) is 0.608. The lowest BCUT2D eigenvalue weighted by molar-refractivity contribution is -0.136. The number of methoxy groups -OCH3 is 1. The molecular formula is C13H21NO3. The first-order valence-electron chi connectivity index (χ1n) is 6.27. The third-order valence-corrected chi connectivity index (χ3v) is 2.92. The van der Waals surface area contributed by atoms with Crippen molar-refractivity contribution in [3.8, 4) is 0 Å². The molecule has 0 spiro atoms. The summed E-state index contributed by atoms with van der Waals surface area (Å²) in [7, 11) is 1.38. The average molecular weight is 239 g/mol. The van der Waals surface area contributed by atoms with Crippen LogP contribution in [0, 0.1) is 0 Å². The van der Waals surface area contributed by atoms with Crippen LogP contribution in [0.2, 0.25) is 0 Å². The lowest BCUT2D eigenvalue weighted by Crippen LogP contribution is -2.20. The van der Waals surface area contributed by atoms with E-state index in [4.69, 9.17) is 4.74 Å². The number of carbonyl (C=O) groups excluding carboxylic acids is 2. The maximum absolute atomic E-state index is 11.6. The van der Waals surface area contributed by atoms with E-state index in [0.717, 1.165) is 25.7 Å². The van der Waals surface area contributed by atoms with Crippen molar-refractivity contribution in [2.75, 3.05) is 13.7 Å². The molecule has 0 saturated carbocycles. The Kier molecular flexibility index (Phi) is 5.73. The normalized spacial score (nSPS) is 16.5. The summed E-state index contributed by atoms with van der Waals surface area (Å²) in [6.45, 7) is 2.83. The summed E-state index contributed by atoms with van der Waals surface area (Å²) in [4.78, 5) is 24.7. The van der Waals surface area contributed by atoms with E-state index < -0.39 is 0 Å². The maximum Gasteiger partial charge on any atom is 0.335 e. The van der Waals surface area contributed by atoms with Crippen LogP contribution < -0.4 is 0 Å². The zero-order valence-corrected chi connectivity index (χ0v) is 10.7. The van der Waals surface area contributed by atoms with Crippen LogP contribution in [0.25, 0.3) is 0 Å². The van der Waals surface area contributed by atoms with Crippen LogP contribution in [0.4, 0.5) is 0 Å². The highest BCUT2D eigenvalue weighted by atomic mass is 16.5. The van der Waals surface area contributed by atoms with Crippen molar-refractivity contribution in [3.63, 3.8) is 0 Å². The van der Waals surface area contributed by atoms with Crippen molar-refractivity contribution in [2.45, 2.75) is 45.4 Å². The molecule has 1 saturated heterocycles. The first kappa shape index (κ1) is 13.7. The number of amides is 1. The monoisotopic (exact) mass is 239 g/mol. The Labute approximate surface area is 103 Å². The second-order valence-electron chi connectivity index (χ2n) is 4.29. The smallest absolute Gasteiger partial charge is 0.335 e. The Morgan fingerprint density at radius 1 is 1.47 bits per heavy atom. The summed E-state index contributed by atoms with van der Waals surface area (Å²) in [5.74, 6) is -0.220. The molecular weight excluding hydrogens is 218 g/mol. The minimum absolute atomic E-state index is 0.0990. The van der Waals surface area contributed by atoms with Crippen LogP contribution in [0.5, 0.6) is 0 Å². The van der Waals surface area contributed by atoms with Crippen molar-refractivity contribution in [1.82, 2.24) is 4.90 Å². The zero-order valence-electron chi connectivity index (χ0n) is 10.7. The number of esters is 1. The number of likely N-dealkylation sites (tertiary alicyclic amines) is 1. The molecule has 1 aliphatic heterocycles. The average Bonchev–Trinajstić information content (AvgIpc) is 2.73. The molecule has 0 aromatic heterocycles. The Balaban J connectivity index is 2.64. The van der Waals surface area contributed by atoms with E-state index in [0.29, 0.717) is 25.0 Å². The highest BCUT2D eigenvalue weighted by molar-refractivity contribution is 5.89. The van der Waals surface area contributed by atoms with Crippen molar-refractivity contribution < 1.29 is 14.3 Å². The van der Waals surface area contributed by atoms with Gasteiger partial charge in [0.1, 0.15) is 0 Å². The van der Waals surface area contributed by atoms with Gasteiger partial charge >= 0.3 is 5.97 Å². The number of carbonyl (C=O) groups is 2. The van der Waals surface area contributed by atoms with Crippen molar-refractivity contribution >= 4 is 11.9 Å². The third-order valence-electron chi connectivity index (χ3n) is 2.92. The molecule has 1 aliphatic rings. The van der Waals surface area contributed by atoms with E-state index in [1.165, 1.54) is 7.11 Å². The Hall–Kier alpha value is -1.32. The van der Waals surface area contributed by atoms with Crippen molar-refractivity contribution in [2.24, 2.45) is 0 Å². The highest BCUT2D eigenvalue weighted by Crippen LogP contribution is 2.16. The first-order chi connectivity index (χ1) is 8.19. The van der Waals surface area contributed by atoms with Gasteiger partial charge in [-0.15, -0.1) is 0 Å². The van der Waals surface area contributed by atoms with Gasteiger partial charge in [0.2, 0.25) is 5.91 Å². The summed E-state index contributed by atoms with van der Waals surface area (Å²) in [6, 6.07) is 0. The molecule has 0 aliphatic carbocycles. The van der Waals surface area contributed by atoms with E-state index in [1.54, 1.807) is 11.1 Å². The van der Waals surface area contributed by atoms with E-state index in [1.807, 2.05) is 0 Å². The van der Waals surface area contributed by atoms with E-state index in [2.05, 4.69) is 6.92 Å². The summed E-state index contributed by atoms with van der Waals surface area (Å²) >= 11 is 0. The second-order valence-corrected chi connectivity index (χ2v) is 4.29. The number of ether oxygens (including phenoxy) is 1. The minimum atomic E-state index is -0.319. The van der Waals surface area contributed by atoms with Gasteiger partial charge in [0, 0.05) is 19.2 Å². The largest absolute Gasteiger partial charge is 0.466 e. The molecule has 0 bridgehead atoms.